The summed E-state index contributed by atoms with van der Waals surface area (Å²) in [6.07, 6.45) is -1.10. The van der Waals surface area contributed by atoms with Crippen LogP contribution in [-0.2, 0) is 14.3 Å². The second-order valence-electron chi connectivity index (χ2n) is 6.62. The molecule has 0 bridgehead atoms. The van der Waals surface area contributed by atoms with E-state index >= 15 is 0 Å². The van der Waals surface area contributed by atoms with E-state index < -0.39 is 24.7 Å². The highest BCUT2D eigenvalue weighted by atomic mass is 19.4. The molecule has 1 N–H and O–H groups in total. The lowest BCUT2D eigenvalue weighted by molar-refractivity contribution is -0.200. The Kier molecular flexibility index (Phi) is 5.71. The van der Waals surface area contributed by atoms with Gasteiger partial charge in [-0.1, -0.05) is 6.08 Å². The Morgan fingerprint density at radius 2 is 2.07 bits per heavy atom. The molecule has 0 fully saturated rings. The number of alkyl halides is 3. The molecule has 2 aromatic heterocycles. The third-order valence-corrected chi connectivity index (χ3v) is 4.62. The SMILES string of the molecule is Cc1nc(-c2cc(C3=CCN(C(=O)COC(=O)C(F)(F)F)CC3)ccn2)[nH]c1C. The maximum absolute atomic E-state index is 12.1. The topological polar surface area (TPSA) is 88.2 Å². The van der Waals surface area contributed by atoms with Gasteiger partial charge in [0.15, 0.2) is 12.4 Å². The molecule has 10 heteroatoms. The predicted octanol–water partition coefficient (Wildman–Crippen LogP) is 2.81. The van der Waals surface area contributed by atoms with Crippen molar-refractivity contribution in [3.8, 4) is 11.5 Å². The number of aromatic amines is 1. The van der Waals surface area contributed by atoms with Crippen LogP contribution in [0.4, 0.5) is 13.2 Å². The number of nitrogens with zero attached hydrogens (tertiary/aromatic N) is 3. The Morgan fingerprint density at radius 3 is 2.66 bits per heavy atom. The first-order valence-corrected chi connectivity index (χ1v) is 8.86. The molecular weight excluding hydrogens is 389 g/mol. The number of pyridine rings is 1. The number of halogens is 3. The van der Waals surface area contributed by atoms with Crippen LogP contribution < -0.4 is 0 Å². The van der Waals surface area contributed by atoms with Gasteiger partial charge in [0, 0.05) is 25.0 Å². The van der Waals surface area contributed by atoms with Crippen molar-refractivity contribution in [1.82, 2.24) is 19.9 Å². The lowest BCUT2D eigenvalue weighted by atomic mass is 9.99. The van der Waals surface area contributed by atoms with E-state index in [1.165, 1.54) is 4.90 Å². The Morgan fingerprint density at radius 1 is 1.31 bits per heavy atom. The van der Waals surface area contributed by atoms with Crippen molar-refractivity contribution in [3.63, 3.8) is 0 Å². The number of H-pyrrole nitrogens is 1. The van der Waals surface area contributed by atoms with Crippen molar-refractivity contribution in [2.24, 2.45) is 0 Å². The summed E-state index contributed by atoms with van der Waals surface area (Å²) in [6, 6.07) is 3.74. The minimum atomic E-state index is -5.11. The monoisotopic (exact) mass is 408 g/mol. The van der Waals surface area contributed by atoms with E-state index in [1.807, 2.05) is 32.1 Å². The fraction of sp³-hybridized carbons (Fsp3) is 0.368. The molecular formula is C19H19F3N4O3. The van der Waals surface area contributed by atoms with Gasteiger partial charge in [-0.15, -0.1) is 0 Å². The van der Waals surface area contributed by atoms with E-state index in [4.69, 9.17) is 0 Å². The molecule has 29 heavy (non-hydrogen) atoms. The molecule has 154 valence electrons. The molecule has 0 spiro atoms. The molecule has 0 aromatic carbocycles. The predicted molar refractivity (Wildman–Crippen MR) is 97.5 cm³/mol. The Hall–Kier alpha value is -3.17. The van der Waals surface area contributed by atoms with Crippen LogP contribution >= 0.6 is 0 Å². The molecule has 0 atom stereocenters. The van der Waals surface area contributed by atoms with Crippen molar-refractivity contribution < 1.29 is 27.5 Å². The van der Waals surface area contributed by atoms with Crippen LogP contribution in [0.25, 0.3) is 17.1 Å². The molecule has 0 radical (unpaired) electrons. The first kappa shape index (κ1) is 20.6. The van der Waals surface area contributed by atoms with E-state index in [0.717, 1.165) is 22.5 Å². The number of carbonyl (C=O) groups is 2. The second-order valence-corrected chi connectivity index (χ2v) is 6.62. The third-order valence-electron chi connectivity index (χ3n) is 4.62. The van der Waals surface area contributed by atoms with Crippen LogP contribution in [0.1, 0.15) is 23.4 Å². The summed E-state index contributed by atoms with van der Waals surface area (Å²) in [7, 11) is 0. The zero-order valence-electron chi connectivity index (χ0n) is 15.8. The molecule has 0 saturated carbocycles. The summed E-state index contributed by atoms with van der Waals surface area (Å²) in [6.45, 7) is 3.43. The molecule has 1 amide bonds. The van der Waals surface area contributed by atoms with Crippen molar-refractivity contribution in [2.45, 2.75) is 26.4 Å². The van der Waals surface area contributed by atoms with Crippen molar-refractivity contribution >= 4 is 17.4 Å². The van der Waals surface area contributed by atoms with Gasteiger partial charge in [-0.3, -0.25) is 9.78 Å². The number of ether oxygens (including phenoxy) is 1. The molecule has 3 heterocycles. The van der Waals surface area contributed by atoms with Crippen molar-refractivity contribution in [1.29, 1.82) is 0 Å². The molecule has 1 aliphatic heterocycles. The third kappa shape index (κ3) is 4.82. The average Bonchev–Trinajstić information content (AvgIpc) is 3.04. The largest absolute Gasteiger partial charge is 0.490 e. The number of amides is 1. The zero-order chi connectivity index (χ0) is 21.2. The smallest absolute Gasteiger partial charge is 0.449 e. The van der Waals surface area contributed by atoms with E-state index in [0.29, 0.717) is 24.5 Å². The van der Waals surface area contributed by atoms with Gasteiger partial charge < -0.3 is 14.6 Å². The van der Waals surface area contributed by atoms with E-state index in [9.17, 15) is 22.8 Å². The van der Waals surface area contributed by atoms with Crippen LogP contribution in [0.15, 0.2) is 24.4 Å². The van der Waals surface area contributed by atoms with Crippen LogP contribution in [0.3, 0.4) is 0 Å². The highest BCUT2D eigenvalue weighted by Crippen LogP contribution is 2.25. The highest BCUT2D eigenvalue weighted by Gasteiger charge is 2.41. The van der Waals surface area contributed by atoms with Crippen molar-refractivity contribution in [2.75, 3.05) is 19.7 Å². The fourth-order valence-corrected chi connectivity index (χ4v) is 2.89. The molecule has 3 rings (SSSR count). The van der Waals surface area contributed by atoms with E-state index in [1.54, 1.807) is 6.20 Å². The quantitative estimate of drug-likeness (QED) is 0.786. The second kappa shape index (κ2) is 8.06. The number of aromatic nitrogens is 3. The van der Waals surface area contributed by atoms with Crippen LogP contribution in [0.5, 0.6) is 0 Å². The molecule has 0 unspecified atom stereocenters. The first-order valence-electron chi connectivity index (χ1n) is 8.86. The Labute approximate surface area is 164 Å². The van der Waals surface area contributed by atoms with E-state index in [-0.39, 0.29) is 6.54 Å². The van der Waals surface area contributed by atoms with Gasteiger partial charge in [-0.2, -0.15) is 13.2 Å². The summed E-state index contributed by atoms with van der Waals surface area (Å²) >= 11 is 0. The summed E-state index contributed by atoms with van der Waals surface area (Å²) in [5.74, 6) is -2.37. The van der Waals surface area contributed by atoms with Crippen LogP contribution in [0.2, 0.25) is 0 Å². The van der Waals surface area contributed by atoms with Crippen molar-refractivity contribution in [3.05, 3.63) is 41.4 Å². The van der Waals surface area contributed by atoms with Crippen LogP contribution in [-0.4, -0.2) is 57.6 Å². The standard InChI is InChI=1S/C19H19F3N4O3/c1-11-12(2)25-17(24-11)15-9-14(3-6-23-15)13-4-7-26(8-5-13)16(27)10-29-18(28)19(20,21)22/h3-4,6,9H,5,7-8,10H2,1-2H3,(H,24,25). The molecule has 0 saturated heterocycles. The maximum Gasteiger partial charge on any atom is 0.490 e. The summed E-state index contributed by atoms with van der Waals surface area (Å²) in [5.41, 5.74) is 4.47. The minimum absolute atomic E-state index is 0.217. The van der Waals surface area contributed by atoms with Gasteiger partial charge in [-0.05, 0) is 43.5 Å². The lowest BCUT2D eigenvalue weighted by Gasteiger charge is -2.26. The number of hydrogen-bond acceptors (Lipinski definition) is 5. The number of carbonyl (C=O) groups excluding carboxylic acids is 2. The van der Waals surface area contributed by atoms with Gasteiger partial charge in [0.25, 0.3) is 5.91 Å². The van der Waals surface area contributed by atoms with Gasteiger partial charge in [0.05, 0.1) is 5.69 Å². The highest BCUT2D eigenvalue weighted by molar-refractivity contribution is 5.83. The number of hydrogen-bond donors (Lipinski definition) is 1. The molecule has 7 nitrogen and oxygen atoms in total. The van der Waals surface area contributed by atoms with Gasteiger partial charge >= 0.3 is 12.1 Å². The number of esters is 1. The molecule has 0 aliphatic carbocycles. The number of rotatable bonds is 4. The van der Waals surface area contributed by atoms with Gasteiger partial charge in [0.2, 0.25) is 0 Å². The first-order chi connectivity index (χ1) is 13.6. The van der Waals surface area contributed by atoms with Gasteiger partial charge in [-0.25, -0.2) is 9.78 Å². The number of imidazole rings is 1. The Bertz CT molecular complexity index is 946. The summed E-state index contributed by atoms with van der Waals surface area (Å²) < 4.78 is 40.4. The lowest BCUT2D eigenvalue weighted by Crippen LogP contribution is -2.39. The average molecular weight is 408 g/mol. The van der Waals surface area contributed by atoms with E-state index in [2.05, 4.69) is 19.7 Å². The normalized spacial score (nSPS) is 14.5. The summed E-state index contributed by atoms with van der Waals surface area (Å²) in [5, 5.41) is 0. The number of aryl methyl sites for hydroxylation is 2. The zero-order valence-corrected chi connectivity index (χ0v) is 15.8. The fourth-order valence-electron chi connectivity index (χ4n) is 2.89. The molecule has 2 aromatic rings. The molecule has 1 aliphatic rings. The minimum Gasteiger partial charge on any atom is -0.449 e. The van der Waals surface area contributed by atoms with Gasteiger partial charge in [0.1, 0.15) is 5.69 Å². The van der Waals surface area contributed by atoms with Crippen LogP contribution in [0, 0.1) is 13.8 Å². The maximum atomic E-state index is 12.1. The summed E-state index contributed by atoms with van der Waals surface area (Å²) in [4.78, 5) is 36.0. The Balaban J connectivity index is 1.64. The number of nitrogens with one attached hydrogen (secondary N) is 1.